The van der Waals surface area contributed by atoms with Crippen molar-refractivity contribution in [1.29, 1.82) is 0 Å². The van der Waals surface area contributed by atoms with Crippen LogP contribution < -0.4 is 5.56 Å². The minimum atomic E-state index is 0.0854. The van der Waals surface area contributed by atoms with E-state index in [1.54, 1.807) is 17.8 Å². The van der Waals surface area contributed by atoms with E-state index in [1.165, 1.54) is 0 Å². The minimum absolute atomic E-state index is 0.0854. The lowest BCUT2D eigenvalue weighted by molar-refractivity contribution is 0.161. The van der Waals surface area contributed by atoms with E-state index in [-0.39, 0.29) is 5.56 Å². The molecule has 1 saturated heterocycles. The van der Waals surface area contributed by atoms with Crippen LogP contribution in [-0.4, -0.2) is 37.7 Å². The molecule has 0 saturated carbocycles. The summed E-state index contributed by atoms with van der Waals surface area (Å²) in [5.41, 5.74) is 1.65. The van der Waals surface area contributed by atoms with Gasteiger partial charge in [0, 0.05) is 24.7 Å². The van der Waals surface area contributed by atoms with Gasteiger partial charge in [-0.25, -0.2) is 4.98 Å². The first-order valence-corrected chi connectivity index (χ1v) is 8.07. The monoisotopic (exact) mass is 317 g/mol. The number of hydrogen-bond acceptors (Lipinski definition) is 6. The molecule has 3 heterocycles. The highest BCUT2D eigenvalue weighted by Gasteiger charge is 2.21. The van der Waals surface area contributed by atoms with Crippen LogP contribution >= 0.6 is 0 Å². The first kappa shape index (κ1) is 15.9. The average Bonchev–Trinajstić information content (AvgIpc) is 2.95. The lowest BCUT2D eigenvalue weighted by Gasteiger charge is -2.31. The second-order valence-electron chi connectivity index (χ2n) is 6.36. The van der Waals surface area contributed by atoms with Gasteiger partial charge in [-0.05, 0) is 45.7 Å². The number of aryl methyl sites for hydroxylation is 2. The largest absolute Gasteiger partial charge is 0.340 e. The highest BCUT2D eigenvalue weighted by molar-refractivity contribution is 5.12. The quantitative estimate of drug-likeness (QED) is 0.850. The van der Waals surface area contributed by atoms with Gasteiger partial charge in [0.15, 0.2) is 5.82 Å². The Balaban J connectivity index is 1.55. The fourth-order valence-electron chi connectivity index (χ4n) is 3.02. The van der Waals surface area contributed by atoms with Crippen molar-refractivity contribution in [2.24, 2.45) is 5.92 Å². The van der Waals surface area contributed by atoms with Gasteiger partial charge in [-0.3, -0.25) is 14.3 Å². The SMILES string of the molecule is Cc1nc(CN2CCC(Cn3cnc(C)c(C)c3=O)CC2)no1. The molecule has 0 N–H and O–H groups in total. The van der Waals surface area contributed by atoms with E-state index < -0.39 is 0 Å². The summed E-state index contributed by atoms with van der Waals surface area (Å²) in [6, 6.07) is 0. The lowest BCUT2D eigenvalue weighted by atomic mass is 9.96. The molecule has 1 fully saturated rings. The number of piperidine rings is 1. The molecule has 0 spiro atoms. The van der Waals surface area contributed by atoms with Crippen LogP contribution in [0.15, 0.2) is 15.6 Å². The summed E-state index contributed by atoms with van der Waals surface area (Å²) >= 11 is 0. The summed E-state index contributed by atoms with van der Waals surface area (Å²) in [5, 5.41) is 3.94. The predicted octanol–water partition coefficient (Wildman–Crippen LogP) is 1.46. The van der Waals surface area contributed by atoms with E-state index >= 15 is 0 Å². The Kier molecular flexibility index (Phi) is 4.56. The van der Waals surface area contributed by atoms with Crippen molar-refractivity contribution in [3.8, 4) is 0 Å². The number of aromatic nitrogens is 4. The molecule has 2 aromatic rings. The van der Waals surface area contributed by atoms with Crippen molar-refractivity contribution in [2.75, 3.05) is 13.1 Å². The molecule has 1 aliphatic rings. The molecule has 0 aromatic carbocycles. The summed E-state index contributed by atoms with van der Waals surface area (Å²) in [5.74, 6) is 1.87. The van der Waals surface area contributed by atoms with Gasteiger partial charge in [0.05, 0.1) is 12.9 Å². The molecule has 2 aromatic heterocycles. The fourth-order valence-corrected chi connectivity index (χ4v) is 3.02. The Hall–Kier alpha value is -2.02. The van der Waals surface area contributed by atoms with Gasteiger partial charge in [0.2, 0.25) is 5.89 Å². The number of likely N-dealkylation sites (tertiary alicyclic amines) is 1. The third-order valence-electron chi connectivity index (χ3n) is 4.61. The summed E-state index contributed by atoms with van der Waals surface area (Å²) in [4.78, 5) is 23.1. The molecule has 0 radical (unpaired) electrons. The van der Waals surface area contributed by atoms with E-state index in [0.29, 0.717) is 11.8 Å². The van der Waals surface area contributed by atoms with Gasteiger partial charge in [0.1, 0.15) is 0 Å². The summed E-state index contributed by atoms with van der Waals surface area (Å²) in [7, 11) is 0. The van der Waals surface area contributed by atoms with Gasteiger partial charge < -0.3 is 4.52 Å². The van der Waals surface area contributed by atoms with Crippen LogP contribution in [0.25, 0.3) is 0 Å². The Morgan fingerprint density at radius 3 is 2.65 bits per heavy atom. The maximum absolute atomic E-state index is 12.3. The molecular weight excluding hydrogens is 294 g/mol. The van der Waals surface area contributed by atoms with Gasteiger partial charge in [-0.2, -0.15) is 4.98 Å². The molecular formula is C16H23N5O2. The molecule has 3 rings (SSSR count). The molecule has 0 atom stereocenters. The first-order chi connectivity index (χ1) is 11.0. The molecule has 0 amide bonds. The van der Waals surface area contributed by atoms with Crippen LogP contribution in [0.4, 0.5) is 0 Å². The van der Waals surface area contributed by atoms with Crippen molar-refractivity contribution in [3.63, 3.8) is 0 Å². The van der Waals surface area contributed by atoms with Crippen LogP contribution in [0, 0.1) is 26.7 Å². The fraction of sp³-hybridized carbons (Fsp3) is 0.625. The normalized spacial score (nSPS) is 16.8. The zero-order valence-electron chi connectivity index (χ0n) is 13.9. The maximum atomic E-state index is 12.3. The Labute approximate surface area is 135 Å². The van der Waals surface area contributed by atoms with Crippen LogP contribution in [-0.2, 0) is 13.1 Å². The standard InChI is InChI=1S/C16H23N5O2/c1-11-12(2)17-10-21(16(11)22)8-14-4-6-20(7-5-14)9-15-18-13(3)23-19-15/h10,14H,4-9H2,1-3H3. The summed E-state index contributed by atoms with van der Waals surface area (Å²) in [6.07, 6.45) is 3.81. The molecule has 124 valence electrons. The first-order valence-electron chi connectivity index (χ1n) is 8.07. The van der Waals surface area contributed by atoms with Crippen molar-refractivity contribution in [3.05, 3.63) is 39.7 Å². The van der Waals surface area contributed by atoms with E-state index in [0.717, 1.165) is 56.1 Å². The van der Waals surface area contributed by atoms with Crippen molar-refractivity contribution in [2.45, 2.75) is 46.7 Å². The zero-order chi connectivity index (χ0) is 16.4. The van der Waals surface area contributed by atoms with Gasteiger partial charge >= 0.3 is 0 Å². The molecule has 7 nitrogen and oxygen atoms in total. The van der Waals surface area contributed by atoms with E-state index in [2.05, 4.69) is 20.0 Å². The predicted molar refractivity (Wildman–Crippen MR) is 85.0 cm³/mol. The van der Waals surface area contributed by atoms with Crippen molar-refractivity contribution < 1.29 is 4.52 Å². The zero-order valence-corrected chi connectivity index (χ0v) is 13.9. The highest BCUT2D eigenvalue weighted by atomic mass is 16.5. The second kappa shape index (κ2) is 6.62. The van der Waals surface area contributed by atoms with Crippen LogP contribution in [0.3, 0.4) is 0 Å². The van der Waals surface area contributed by atoms with Crippen molar-refractivity contribution in [1.82, 2.24) is 24.6 Å². The topological polar surface area (TPSA) is 77.1 Å². The number of nitrogens with zero attached hydrogens (tertiary/aromatic N) is 5. The van der Waals surface area contributed by atoms with Crippen LogP contribution in [0.5, 0.6) is 0 Å². The van der Waals surface area contributed by atoms with Crippen LogP contribution in [0.1, 0.15) is 35.8 Å². The minimum Gasteiger partial charge on any atom is -0.340 e. The molecule has 7 heteroatoms. The molecule has 0 unspecified atom stereocenters. The molecule has 0 aliphatic carbocycles. The Morgan fingerprint density at radius 1 is 1.26 bits per heavy atom. The maximum Gasteiger partial charge on any atom is 0.256 e. The average molecular weight is 317 g/mol. The van der Waals surface area contributed by atoms with Gasteiger partial charge in [0.25, 0.3) is 5.56 Å². The number of hydrogen-bond donors (Lipinski definition) is 0. The molecule has 1 aliphatic heterocycles. The third kappa shape index (κ3) is 3.67. The van der Waals surface area contributed by atoms with E-state index in [1.807, 2.05) is 13.8 Å². The summed E-state index contributed by atoms with van der Waals surface area (Å²) in [6.45, 7) is 8.99. The molecule has 0 bridgehead atoms. The van der Waals surface area contributed by atoms with E-state index in [4.69, 9.17) is 4.52 Å². The van der Waals surface area contributed by atoms with Gasteiger partial charge in [-0.15, -0.1) is 0 Å². The highest BCUT2D eigenvalue weighted by Crippen LogP contribution is 2.19. The van der Waals surface area contributed by atoms with Crippen LogP contribution in [0.2, 0.25) is 0 Å². The second-order valence-corrected chi connectivity index (χ2v) is 6.36. The lowest BCUT2D eigenvalue weighted by Crippen LogP contribution is -2.36. The van der Waals surface area contributed by atoms with Crippen molar-refractivity contribution >= 4 is 0 Å². The Bertz CT molecular complexity index is 728. The molecule has 23 heavy (non-hydrogen) atoms. The van der Waals surface area contributed by atoms with E-state index in [9.17, 15) is 4.79 Å². The summed E-state index contributed by atoms with van der Waals surface area (Å²) < 4.78 is 6.76. The van der Waals surface area contributed by atoms with Gasteiger partial charge in [-0.1, -0.05) is 5.16 Å². The number of rotatable bonds is 4. The Morgan fingerprint density at radius 2 is 2.00 bits per heavy atom. The smallest absolute Gasteiger partial charge is 0.256 e. The third-order valence-corrected chi connectivity index (χ3v) is 4.61.